The van der Waals surface area contributed by atoms with Crippen molar-refractivity contribution in [3.8, 4) is 0 Å². The second kappa shape index (κ2) is 8.30. The maximum atomic E-state index is 12.4. The predicted molar refractivity (Wildman–Crippen MR) is 93.7 cm³/mol. The summed E-state index contributed by atoms with van der Waals surface area (Å²) < 4.78 is 0. The zero-order chi connectivity index (χ0) is 16.9. The lowest BCUT2D eigenvalue weighted by molar-refractivity contribution is -0.133. The van der Waals surface area contributed by atoms with Gasteiger partial charge in [0.25, 0.3) is 0 Å². The summed E-state index contributed by atoms with van der Waals surface area (Å²) in [7, 11) is 0. The highest BCUT2D eigenvalue weighted by Crippen LogP contribution is 2.18. The molecule has 1 atom stereocenters. The topological polar surface area (TPSA) is 55.9 Å². The third kappa shape index (κ3) is 4.48. The maximum Gasteiger partial charge on any atom is 0.237 e. The average molecular weight is 336 g/mol. The van der Waals surface area contributed by atoms with Crippen LogP contribution in [0.4, 0.5) is 0 Å². The van der Waals surface area contributed by atoms with Crippen LogP contribution in [0.15, 0.2) is 0 Å². The number of hydrogen-bond donors (Lipinski definition) is 1. The molecule has 0 aromatic carbocycles. The van der Waals surface area contributed by atoms with Crippen LogP contribution in [0.3, 0.4) is 0 Å². The van der Waals surface area contributed by atoms with Gasteiger partial charge in [-0.15, -0.1) is 0 Å². The van der Waals surface area contributed by atoms with Crippen LogP contribution in [0.2, 0.25) is 0 Å². The smallest absolute Gasteiger partial charge is 0.237 e. The van der Waals surface area contributed by atoms with Crippen molar-refractivity contribution in [1.82, 2.24) is 20.0 Å². The van der Waals surface area contributed by atoms with E-state index in [1.54, 1.807) is 0 Å². The Morgan fingerprint density at radius 1 is 0.958 bits per heavy atom. The molecule has 2 heterocycles. The van der Waals surface area contributed by atoms with E-state index < -0.39 is 0 Å². The van der Waals surface area contributed by atoms with E-state index in [4.69, 9.17) is 0 Å². The highest BCUT2D eigenvalue weighted by atomic mass is 16.2. The van der Waals surface area contributed by atoms with Crippen molar-refractivity contribution < 1.29 is 9.59 Å². The van der Waals surface area contributed by atoms with Crippen molar-refractivity contribution in [2.24, 2.45) is 0 Å². The summed E-state index contributed by atoms with van der Waals surface area (Å²) in [5.41, 5.74) is 0. The molecule has 0 bridgehead atoms. The van der Waals surface area contributed by atoms with Gasteiger partial charge in [0.2, 0.25) is 11.8 Å². The lowest BCUT2D eigenvalue weighted by Gasteiger charge is -2.37. The molecule has 2 aliphatic heterocycles. The SMILES string of the molecule is CC(C(=O)NC1CCCC1)N1CCN(CC(=O)N2CCCC2)CC1. The summed E-state index contributed by atoms with van der Waals surface area (Å²) in [5, 5.41) is 3.20. The van der Waals surface area contributed by atoms with Crippen LogP contribution in [-0.2, 0) is 9.59 Å². The maximum absolute atomic E-state index is 12.4. The van der Waals surface area contributed by atoms with Crippen LogP contribution in [-0.4, -0.2) is 84.4 Å². The average Bonchev–Trinajstić information content (AvgIpc) is 3.28. The molecule has 6 nitrogen and oxygen atoms in total. The zero-order valence-electron chi connectivity index (χ0n) is 15.0. The molecule has 1 N–H and O–H groups in total. The normalized spacial score (nSPS) is 25.1. The number of hydrogen-bond acceptors (Lipinski definition) is 4. The van der Waals surface area contributed by atoms with E-state index in [1.165, 1.54) is 12.8 Å². The molecule has 1 unspecified atom stereocenters. The summed E-state index contributed by atoms with van der Waals surface area (Å²) in [6.07, 6.45) is 7.03. The molecular weight excluding hydrogens is 304 g/mol. The minimum absolute atomic E-state index is 0.0676. The third-order valence-electron chi connectivity index (χ3n) is 5.85. The number of carbonyl (C=O) groups is 2. The second-order valence-corrected chi connectivity index (χ2v) is 7.57. The van der Waals surface area contributed by atoms with Crippen LogP contribution in [0, 0.1) is 0 Å². The number of nitrogens with one attached hydrogen (secondary N) is 1. The van der Waals surface area contributed by atoms with E-state index in [9.17, 15) is 9.59 Å². The number of nitrogens with zero attached hydrogens (tertiary/aromatic N) is 3. The minimum Gasteiger partial charge on any atom is -0.352 e. The van der Waals surface area contributed by atoms with E-state index in [2.05, 4.69) is 15.1 Å². The molecule has 0 spiro atoms. The van der Waals surface area contributed by atoms with E-state index in [-0.39, 0.29) is 17.9 Å². The van der Waals surface area contributed by atoms with Crippen molar-refractivity contribution in [2.75, 3.05) is 45.8 Å². The molecular formula is C18H32N4O2. The summed E-state index contributed by atoms with van der Waals surface area (Å²) >= 11 is 0. The Kier molecular flexibility index (Phi) is 6.11. The molecule has 1 aliphatic carbocycles. The molecule has 2 amide bonds. The van der Waals surface area contributed by atoms with Crippen molar-refractivity contribution in [1.29, 1.82) is 0 Å². The van der Waals surface area contributed by atoms with Crippen molar-refractivity contribution >= 4 is 11.8 Å². The summed E-state index contributed by atoms with van der Waals surface area (Å²) in [6.45, 7) is 7.89. The number of piperazine rings is 1. The Bertz CT molecular complexity index is 436. The van der Waals surface area contributed by atoms with Gasteiger partial charge >= 0.3 is 0 Å². The van der Waals surface area contributed by atoms with Gasteiger partial charge in [0, 0.05) is 45.3 Å². The molecule has 24 heavy (non-hydrogen) atoms. The Hall–Kier alpha value is -1.14. The fourth-order valence-electron chi connectivity index (χ4n) is 4.12. The highest BCUT2D eigenvalue weighted by Gasteiger charge is 2.29. The van der Waals surface area contributed by atoms with Gasteiger partial charge in [-0.05, 0) is 32.6 Å². The largest absolute Gasteiger partial charge is 0.352 e. The molecule has 136 valence electrons. The number of amides is 2. The standard InChI is InChI=1S/C18H32N4O2/c1-15(18(24)19-16-6-2-3-7-16)21-12-10-20(11-13-21)14-17(23)22-8-4-5-9-22/h15-16H,2-14H2,1H3,(H,19,24). The summed E-state index contributed by atoms with van der Waals surface area (Å²) in [4.78, 5) is 31.1. The first-order valence-electron chi connectivity index (χ1n) is 9.68. The first-order chi connectivity index (χ1) is 11.6. The van der Waals surface area contributed by atoms with E-state index in [1.807, 2.05) is 11.8 Å². The lowest BCUT2D eigenvalue weighted by Crippen LogP contribution is -2.55. The second-order valence-electron chi connectivity index (χ2n) is 7.57. The van der Waals surface area contributed by atoms with Gasteiger partial charge in [-0.3, -0.25) is 19.4 Å². The first-order valence-corrected chi connectivity index (χ1v) is 9.68. The van der Waals surface area contributed by atoms with Gasteiger partial charge in [0.05, 0.1) is 12.6 Å². The predicted octanol–water partition coefficient (Wildman–Crippen LogP) is 0.674. The van der Waals surface area contributed by atoms with Crippen LogP contribution < -0.4 is 5.32 Å². The molecule has 3 rings (SSSR count). The molecule has 3 aliphatic rings. The van der Waals surface area contributed by atoms with Gasteiger partial charge in [-0.25, -0.2) is 0 Å². The van der Waals surface area contributed by atoms with Gasteiger partial charge in [0.15, 0.2) is 0 Å². The molecule has 0 radical (unpaired) electrons. The molecule has 3 fully saturated rings. The Morgan fingerprint density at radius 2 is 1.58 bits per heavy atom. The van der Waals surface area contributed by atoms with E-state index >= 15 is 0 Å². The van der Waals surface area contributed by atoms with Crippen LogP contribution in [0.5, 0.6) is 0 Å². The van der Waals surface area contributed by atoms with E-state index in [0.29, 0.717) is 12.6 Å². The van der Waals surface area contributed by atoms with Crippen molar-refractivity contribution in [2.45, 2.75) is 57.5 Å². The van der Waals surface area contributed by atoms with Crippen LogP contribution in [0.1, 0.15) is 45.4 Å². The molecule has 0 aromatic heterocycles. The monoisotopic (exact) mass is 336 g/mol. The summed E-state index contributed by atoms with van der Waals surface area (Å²) in [6, 6.07) is 0.321. The van der Waals surface area contributed by atoms with Crippen LogP contribution >= 0.6 is 0 Å². The van der Waals surface area contributed by atoms with Crippen molar-refractivity contribution in [3.63, 3.8) is 0 Å². The quantitative estimate of drug-likeness (QED) is 0.802. The fourth-order valence-corrected chi connectivity index (χ4v) is 4.12. The lowest BCUT2D eigenvalue weighted by atomic mass is 10.2. The van der Waals surface area contributed by atoms with Gasteiger partial charge < -0.3 is 10.2 Å². The fraction of sp³-hybridized carbons (Fsp3) is 0.889. The molecule has 1 saturated carbocycles. The van der Waals surface area contributed by atoms with Gasteiger partial charge in [0.1, 0.15) is 0 Å². The third-order valence-corrected chi connectivity index (χ3v) is 5.85. The first kappa shape index (κ1) is 17.7. The van der Waals surface area contributed by atoms with E-state index in [0.717, 1.165) is 65.0 Å². The van der Waals surface area contributed by atoms with Crippen molar-refractivity contribution in [3.05, 3.63) is 0 Å². The molecule has 2 saturated heterocycles. The number of rotatable bonds is 5. The molecule has 0 aromatic rings. The number of carbonyl (C=O) groups excluding carboxylic acids is 2. The highest BCUT2D eigenvalue weighted by molar-refractivity contribution is 5.81. The minimum atomic E-state index is -0.0676. The van der Waals surface area contributed by atoms with Gasteiger partial charge in [-0.2, -0.15) is 0 Å². The molecule has 6 heteroatoms. The Morgan fingerprint density at radius 3 is 2.21 bits per heavy atom. The Balaban J connectivity index is 1.39. The van der Waals surface area contributed by atoms with Crippen LogP contribution in [0.25, 0.3) is 0 Å². The Labute approximate surface area is 145 Å². The zero-order valence-corrected chi connectivity index (χ0v) is 15.0. The number of likely N-dealkylation sites (tertiary alicyclic amines) is 1. The summed E-state index contributed by atoms with van der Waals surface area (Å²) in [5.74, 6) is 0.441. The van der Waals surface area contributed by atoms with Gasteiger partial charge in [-0.1, -0.05) is 12.8 Å².